The summed E-state index contributed by atoms with van der Waals surface area (Å²) in [6.45, 7) is 5.09. The predicted molar refractivity (Wildman–Crippen MR) is 77.5 cm³/mol. The number of aliphatic hydroxyl groups is 1. The number of carbonyl (C=O) groups excluding carboxylic acids is 1. The average Bonchev–Trinajstić information content (AvgIpc) is 2.49. The molecular formula is C16H22N2O2. The molecule has 0 aliphatic carbocycles. The van der Waals surface area contributed by atoms with Gasteiger partial charge in [0.25, 0.3) is 5.91 Å². The first-order valence-electron chi connectivity index (χ1n) is 7.45. The van der Waals surface area contributed by atoms with E-state index in [0.29, 0.717) is 6.54 Å². The Balaban J connectivity index is 1.77. The molecule has 1 aromatic carbocycles. The number of nitrogens with zero attached hydrogens (tertiary/aromatic N) is 1. The fourth-order valence-corrected chi connectivity index (χ4v) is 3.03. The zero-order valence-electron chi connectivity index (χ0n) is 11.9. The topological polar surface area (TPSA) is 52.6 Å². The van der Waals surface area contributed by atoms with Crippen molar-refractivity contribution in [2.75, 3.05) is 19.6 Å². The van der Waals surface area contributed by atoms with Gasteiger partial charge in [0.15, 0.2) is 0 Å². The van der Waals surface area contributed by atoms with Gasteiger partial charge in [0.05, 0.1) is 6.10 Å². The van der Waals surface area contributed by atoms with Gasteiger partial charge >= 0.3 is 0 Å². The number of amides is 1. The number of nitrogens with one attached hydrogen (secondary N) is 1. The molecule has 4 nitrogen and oxygen atoms in total. The van der Waals surface area contributed by atoms with Crippen LogP contribution in [0.1, 0.15) is 34.8 Å². The highest BCUT2D eigenvalue weighted by molar-refractivity contribution is 5.94. The quantitative estimate of drug-likeness (QED) is 0.808. The van der Waals surface area contributed by atoms with Crippen LogP contribution in [0, 0.1) is 5.92 Å². The molecule has 2 atom stereocenters. The Labute approximate surface area is 119 Å². The minimum Gasteiger partial charge on any atom is -0.391 e. The Morgan fingerprint density at radius 3 is 3.05 bits per heavy atom. The number of fused-ring (bicyclic) bond motifs is 1. The van der Waals surface area contributed by atoms with Crippen LogP contribution in [-0.4, -0.2) is 41.7 Å². The van der Waals surface area contributed by atoms with E-state index in [0.717, 1.165) is 38.0 Å². The zero-order valence-corrected chi connectivity index (χ0v) is 11.9. The summed E-state index contributed by atoms with van der Waals surface area (Å²) in [5.41, 5.74) is 3.31. The van der Waals surface area contributed by atoms with Gasteiger partial charge in [-0.3, -0.25) is 4.79 Å². The molecule has 1 amide bonds. The first-order valence-corrected chi connectivity index (χ1v) is 7.45. The van der Waals surface area contributed by atoms with Crippen LogP contribution in [0.5, 0.6) is 0 Å². The summed E-state index contributed by atoms with van der Waals surface area (Å²) in [6.07, 6.45) is 1.51. The summed E-state index contributed by atoms with van der Waals surface area (Å²) in [6, 6.07) is 6.01. The zero-order chi connectivity index (χ0) is 14.1. The molecule has 2 aliphatic heterocycles. The summed E-state index contributed by atoms with van der Waals surface area (Å²) in [4.78, 5) is 14.3. The molecule has 4 heteroatoms. The fourth-order valence-electron chi connectivity index (χ4n) is 3.03. The van der Waals surface area contributed by atoms with Crippen LogP contribution in [0.3, 0.4) is 0 Å². The molecule has 1 aromatic rings. The molecule has 2 N–H and O–H groups in total. The highest BCUT2D eigenvalue weighted by Gasteiger charge is 2.28. The monoisotopic (exact) mass is 274 g/mol. The Bertz CT molecular complexity index is 515. The second-order valence-corrected chi connectivity index (χ2v) is 5.99. The van der Waals surface area contributed by atoms with Gasteiger partial charge in [-0.2, -0.15) is 0 Å². The van der Waals surface area contributed by atoms with E-state index in [9.17, 15) is 9.90 Å². The minimum atomic E-state index is -0.396. The van der Waals surface area contributed by atoms with Crippen LogP contribution in [0.25, 0.3) is 0 Å². The maximum atomic E-state index is 12.5. The predicted octanol–water partition coefficient (Wildman–Crippen LogP) is 1.18. The second kappa shape index (κ2) is 5.54. The van der Waals surface area contributed by atoms with Gasteiger partial charge in [0.2, 0.25) is 0 Å². The molecule has 0 aromatic heterocycles. The van der Waals surface area contributed by atoms with E-state index >= 15 is 0 Å². The molecule has 0 saturated carbocycles. The number of carbonyl (C=O) groups is 1. The number of β-amino-alcohol motifs (C(OH)–C–C–N with tert-alkyl or cyclic N) is 1. The van der Waals surface area contributed by atoms with E-state index in [1.165, 1.54) is 11.1 Å². The summed E-state index contributed by atoms with van der Waals surface area (Å²) >= 11 is 0. The normalized spacial score (nSPS) is 26.2. The molecule has 0 bridgehead atoms. The van der Waals surface area contributed by atoms with Crippen LogP contribution < -0.4 is 5.32 Å². The van der Waals surface area contributed by atoms with E-state index in [1.54, 1.807) is 4.90 Å². The van der Waals surface area contributed by atoms with Crippen LogP contribution in [-0.2, 0) is 13.0 Å². The van der Waals surface area contributed by atoms with Crippen molar-refractivity contribution in [1.29, 1.82) is 0 Å². The molecule has 1 saturated heterocycles. The van der Waals surface area contributed by atoms with Crippen molar-refractivity contribution in [3.63, 3.8) is 0 Å². The number of rotatable bonds is 1. The molecular weight excluding hydrogens is 252 g/mol. The van der Waals surface area contributed by atoms with E-state index < -0.39 is 6.10 Å². The Morgan fingerprint density at radius 2 is 2.25 bits per heavy atom. The number of likely N-dealkylation sites (tertiary alicyclic amines) is 1. The summed E-state index contributed by atoms with van der Waals surface area (Å²) in [5, 5.41) is 13.3. The summed E-state index contributed by atoms with van der Waals surface area (Å²) in [5.74, 6) is 0.330. The van der Waals surface area contributed by atoms with E-state index in [1.807, 2.05) is 19.1 Å². The van der Waals surface area contributed by atoms with Gasteiger partial charge in [0, 0.05) is 25.2 Å². The Hall–Kier alpha value is -1.39. The maximum Gasteiger partial charge on any atom is 0.253 e. The lowest BCUT2D eigenvalue weighted by atomic mass is 9.94. The molecule has 2 heterocycles. The highest BCUT2D eigenvalue weighted by atomic mass is 16.3. The number of hydrogen-bond acceptors (Lipinski definition) is 3. The van der Waals surface area contributed by atoms with Gasteiger partial charge in [-0.15, -0.1) is 0 Å². The molecule has 2 unspecified atom stereocenters. The first-order chi connectivity index (χ1) is 9.65. The summed E-state index contributed by atoms with van der Waals surface area (Å²) < 4.78 is 0. The fraction of sp³-hybridized carbons (Fsp3) is 0.562. The lowest BCUT2D eigenvalue weighted by molar-refractivity contribution is 0.0248. The third kappa shape index (κ3) is 2.58. The highest BCUT2D eigenvalue weighted by Crippen LogP contribution is 2.21. The second-order valence-electron chi connectivity index (χ2n) is 5.99. The maximum absolute atomic E-state index is 12.5. The Kier molecular flexibility index (Phi) is 3.76. The van der Waals surface area contributed by atoms with E-state index in [2.05, 4.69) is 11.4 Å². The van der Waals surface area contributed by atoms with Gasteiger partial charge in [-0.05, 0) is 48.6 Å². The van der Waals surface area contributed by atoms with Crippen LogP contribution in [0.2, 0.25) is 0 Å². The third-order valence-electron chi connectivity index (χ3n) is 4.55. The smallest absolute Gasteiger partial charge is 0.253 e. The average molecular weight is 274 g/mol. The third-order valence-corrected chi connectivity index (χ3v) is 4.55. The van der Waals surface area contributed by atoms with Crippen LogP contribution >= 0.6 is 0 Å². The number of aliphatic hydroxyl groups excluding tert-OH is 1. The largest absolute Gasteiger partial charge is 0.391 e. The molecule has 1 fully saturated rings. The van der Waals surface area contributed by atoms with Crippen molar-refractivity contribution in [1.82, 2.24) is 10.2 Å². The number of benzene rings is 1. The molecule has 0 spiro atoms. The van der Waals surface area contributed by atoms with Crippen molar-refractivity contribution in [2.24, 2.45) is 5.92 Å². The minimum absolute atomic E-state index is 0.0457. The molecule has 0 radical (unpaired) electrons. The Morgan fingerprint density at radius 1 is 1.40 bits per heavy atom. The lowest BCUT2D eigenvalue weighted by Crippen LogP contribution is -2.45. The van der Waals surface area contributed by atoms with Crippen LogP contribution in [0.15, 0.2) is 18.2 Å². The molecule has 3 rings (SSSR count). The number of piperidine rings is 1. The van der Waals surface area contributed by atoms with Crippen molar-refractivity contribution in [2.45, 2.75) is 32.4 Å². The van der Waals surface area contributed by atoms with Gasteiger partial charge in [-0.25, -0.2) is 0 Å². The van der Waals surface area contributed by atoms with Crippen molar-refractivity contribution in [3.8, 4) is 0 Å². The van der Waals surface area contributed by atoms with Gasteiger partial charge < -0.3 is 15.3 Å². The van der Waals surface area contributed by atoms with Gasteiger partial charge in [0.1, 0.15) is 0 Å². The standard InChI is InChI=1S/C16H22N2O2/c1-11-5-7-18(10-15(11)19)16(20)13-3-2-12-4-6-17-9-14(12)8-13/h2-3,8,11,15,17,19H,4-7,9-10H2,1H3. The van der Waals surface area contributed by atoms with Crippen molar-refractivity contribution in [3.05, 3.63) is 34.9 Å². The van der Waals surface area contributed by atoms with Crippen LogP contribution in [0.4, 0.5) is 0 Å². The number of hydrogen-bond donors (Lipinski definition) is 2. The van der Waals surface area contributed by atoms with Crippen molar-refractivity contribution >= 4 is 5.91 Å². The van der Waals surface area contributed by atoms with E-state index in [4.69, 9.17) is 0 Å². The molecule has 108 valence electrons. The SMILES string of the molecule is CC1CCN(C(=O)c2ccc3c(c2)CNCC3)CC1O. The van der Waals surface area contributed by atoms with E-state index in [-0.39, 0.29) is 11.8 Å². The van der Waals surface area contributed by atoms with Gasteiger partial charge in [-0.1, -0.05) is 13.0 Å². The first kappa shape index (κ1) is 13.6. The molecule has 20 heavy (non-hydrogen) atoms. The molecule has 2 aliphatic rings. The summed E-state index contributed by atoms with van der Waals surface area (Å²) in [7, 11) is 0. The lowest BCUT2D eigenvalue weighted by Gasteiger charge is -2.34. The van der Waals surface area contributed by atoms with Crippen molar-refractivity contribution < 1.29 is 9.90 Å².